The van der Waals surface area contributed by atoms with E-state index in [1.54, 1.807) is 6.07 Å². The Labute approximate surface area is 112 Å². The monoisotopic (exact) mass is 286 g/mol. The highest BCUT2D eigenvalue weighted by Gasteiger charge is 2.23. The quantitative estimate of drug-likeness (QED) is 0.876. The largest absolute Gasteiger partial charge is 0.477 e. The molecule has 1 aliphatic heterocycles. The topological polar surface area (TPSA) is 64.3 Å². The second kappa shape index (κ2) is 4.53. The van der Waals surface area contributed by atoms with E-state index < -0.39 is 5.97 Å². The molecule has 1 aliphatic rings. The smallest absolute Gasteiger partial charge is 0.346 e. The standard InChI is InChI=1S/C11H11ClN2O3S/c12-4-9-13-10-7(3-8(18-10)11(15)16)14(9)5-6-1-2-17-6/h3,6H,1-2,4-5H2,(H,15,16). The predicted octanol–water partition coefficient (Wildman–Crippen LogP) is 2.32. The number of thiophene rings is 1. The first-order valence-corrected chi connectivity index (χ1v) is 6.94. The van der Waals surface area contributed by atoms with Crippen molar-refractivity contribution in [1.29, 1.82) is 0 Å². The van der Waals surface area contributed by atoms with Crippen LogP contribution < -0.4 is 0 Å². The van der Waals surface area contributed by atoms with Crippen LogP contribution in [0.3, 0.4) is 0 Å². The van der Waals surface area contributed by atoms with Crippen LogP contribution in [0.1, 0.15) is 21.9 Å². The molecule has 0 radical (unpaired) electrons. The number of hydrogen-bond donors (Lipinski definition) is 1. The van der Waals surface area contributed by atoms with Crippen LogP contribution in [0.25, 0.3) is 10.3 Å². The van der Waals surface area contributed by atoms with E-state index in [0.29, 0.717) is 17.3 Å². The predicted molar refractivity (Wildman–Crippen MR) is 68.5 cm³/mol. The van der Waals surface area contributed by atoms with Gasteiger partial charge in [0.1, 0.15) is 15.5 Å². The molecule has 3 rings (SSSR count). The molecule has 1 saturated heterocycles. The number of carbonyl (C=O) groups is 1. The maximum atomic E-state index is 10.9. The van der Waals surface area contributed by atoms with Gasteiger partial charge in [-0.1, -0.05) is 0 Å². The Morgan fingerprint density at radius 3 is 3.06 bits per heavy atom. The fraction of sp³-hybridized carbons (Fsp3) is 0.455. The first-order valence-electron chi connectivity index (χ1n) is 5.59. The molecule has 0 aromatic carbocycles. The van der Waals surface area contributed by atoms with Gasteiger partial charge in [0.25, 0.3) is 0 Å². The van der Waals surface area contributed by atoms with Crippen LogP contribution in [0.4, 0.5) is 0 Å². The summed E-state index contributed by atoms with van der Waals surface area (Å²) in [7, 11) is 0. The molecule has 1 unspecified atom stereocenters. The maximum absolute atomic E-state index is 10.9. The molecule has 18 heavy (non-hydrogen) atoms. The third-order valence-electron chi connectivity index (χ3n) is 3.04. The summed E-state index contributed by atoms with van der Waals surface area (Å²) in [6.07, 6.45) is 1.22. The zero-order valence-corrected chi connectivity index (χ0v) is 11.0. The number of ether oxygens (including phenoxy) is 1. The van der Waals surface area contributed by atoms with Gasteiger partial charge in [0.05, 0.1) is 24.0 Å². The molecule has 7 heteroatoms. The highest BCUT2D eigenvalue weighted by Crippen LogP contribution is 2.28. The number of rotatable bonds is 4. The number of aromatic nitrogens is 2. The van der Waals surface area contributed by atoms with Crippen LogP contribution in [0.2, 0.25) is 0 Å². The number of aromatic carboxylic acids is 1. The summed E-state index contributed by atoms with van der Waals surface area (Å²) in [5, 5.41) is 8.98. The van der Waals surface area contributed by atoms with E-state index >= 15 is 0 Å². The summed E-state index contributed by atoms with van der Waals surface area (Å²) >= 11 is 7.05. The second-order valence-corrected chi connectivity index (χ2v) is 5.46. The van der Waals surface area contributed by atoms with Crippen molar-refractivity contribution < 1.29 is 14.6 Å². The summed E-state index contributed by atoms with van der Waals surface area (Å²) in [4.78, 5) is 16.3. The van der Waals surface area contributed by atoms with E-state index in [9.17, 15) is 4.79 Å². The van der Waals surface area contributed by atoms with Gasteiger partial charge in [-0.05, 0) is 12.5 Å². The molecule has 96 valence electrons. The van der Waals surface area contributed by atoms with Gasteiger partial charge in [-0.25, -0.2) is 9.78 Å². The Hall–Kier alpha value is -1.11. The number of carboxylic acids is 1. The number of imidazole rings is 1. The number of hydrogen-bond acceptors (Lipinski definition) is 4. The van der Waals surface area contributed by atoms with Crippen molar-refractivity contribution in [3.63, 3.8) is 0 Å². The van der Waals surface area contributed by atoms with Crippen molar-refractivity contribution in [2.24, 2.45) is 0 Å². The van der Waals surface area contributed by atoms with Crippen LogP contribution in [0, 0.1) is 0 Å². The fourth-order valence-electron chi connectivity index (χ4n) is 2.01. The summed E-state index contributed by atoms with van der Waals surface area (Å²) in [5.41, 5.74) is 0.837. The minimum atomic E-state index is -0.920. The molecule has 2 aromatic heterocycles. The summed E-state index contributed by atoms with van der Waals surface area (Å²) in [5.74, 6) is 0.165. The van der Waals surface area contributed by atoms with Crippen molar-refractivity contribution in [3.05, 3.63) is 16.8 Å². The van der Waals surface area contributed by atoms with E-state index in [1.165, 1.54) is 11.3 Å². The Morgan fingerprint density at radius 1 is 1.72 bits per heavy atom. The molecular weight excluding hydrogens is 276 g/mol. The van der Waals surface area contributed by atoms with Gasteiger partial charge in [0.15, 0.2) is 0 Å². The molecule has 5 nitrogen and oxygen atoms in total. The molecule has 0 saturated carbocycles. The van der Waals surface area contributed by atoms with Crippen LogP contribution in [-0.2, 0) is 17.2 Å². The molecule has 2 aromatic rings. The van der Waals surface area contributed by atoms with E-state index in [1.807, 2.05) is 4.57 Å². The number of fused-ring (bicyclic) bond motifs is 1. The third kappa shape index (κ3) is 1.90. The van der Waals surface area contributed by atoms with E-state index in [2.05, 4.69) is 4.98 Å². The molecule has 0 aliphatic carbocycles. The Morgan fingerprint density at radius 2 is 2.50 bits per heavy atom. The van der Waals surface area contributed by atoms with Crippen LogP contribution in [0.5, 0.6) is 0 Å². The molecule has 3 heterocycles. The molecule has 0 amide bonds. The SMILES string of the molecule is O=C(O)c1cc2c(nc(CCl)n2CC2CCO2)s1. The van der Waals surface area contributed by atoms with E-state index in [4.69, 9.17) is 21.4 Å². The average Bonchev–Trinajstić information content (AvgIpc) is 2.80. The number of nitrogens with zero attached hydrogens (tertiary/aromatic N) is 2. The zero-order valence-electron chi connectivity index (χ0n) is 9.43. The lowest BCUT2D eigenvalue weighted by Crippen LogP contribution is -2.31. The first-order chi connectivity index (χ1) is 8.69. The molecule has 1 fully saturated rings. The zero-order chi connectivity index (χ0) is 12.7. The highest BCUT2D eigenvalue weighted by atomic mass is 35.5. The molecule has 0 spiro atoms. The van der Waals surface area contributed by atoms with Gasteiger partial charge < -0.3 is 14.4 Å². The lowest BCUT2D eigenvalue weighted by atomic mass is 10.2. The summed E-state index contributed by atoms with van der Waals surface area (Å²) in [6.45, 7) is 1.48. The van der Waals surface area contributed by atoms with Crippen LogP contribution >= 0.6 is 22.9 Å². The van der Waals surface area contributed by atoms with Crippen molar-refractivity contribution in [2.75, 3.05) is 6.61 Å². The lowest BCUT2D eigenvalue weighted by molar-refractivity contribution is -0.0589. The second-order valence-electron chi connectivity index (χ2n) is 4.16. The number of halogens is 1. The van der Waals surface area contributed by atoms with Gasteiger partial charge in [-0.15, -0.1) is 22.9 Å². The van der Waals surface area contributed by atoms with E-state index in [-0.39, 0.29) is 6.10 Å². The Balaban J connectivity index is 2.03. The van der Waals surface area contributed by atoms with Crippen molar-refractivity contribution in [2.45, 2.75) is 24.9 Å². The minimum Gasteiger partial charge on any atom is -0.477 e. The van der Waals surface area contributed by atoms with Crippen LogP contribution in [0.15, 0.2) is 6.07 Å². The molecule has 1 atom stereocenters. The molecule has 1 N–H and O–H groups in total. The molecule has 0 bridgehead atoms. The van der Waals surface area contributed by atoms with Crippen LogP contribution in [-0.4, -0.2) is 33.3 Å². The molecular formula is C11H11ClN2O3S. The normalized spacial score (nSPS) is 19.1. The number of alkyl halides is 1. The summed E-state index contributed by atoms with van der Waals surface area (Å²) < 4.78 is 7.37. The van der Waals surface area contributed by atoms with Crippen molar-refractivity contribution >= 4 is 39.3 Å². The lowest BCUT2D eigenvalue weighted by Gasteiger charge is -2.27. The Kier molecular flexibility index (Phi) is 3.01. The highest BCUT2D eigenvalue weighted by molar-refractivity contribution is 7.20. The van der Waals surface area contributed by atoms with Crippen molar-refractivity contribution in [1.82, 2.24) is 9.55 Å². The van der Waals surface area contributed by atoms with E-state index in [0.717, 1.165) is 29.2 Å². The number of carboxylic acid groups (broad SMARTS) is 1. The maximum Gasteiger partial charge on any atom is 0.346 e. The van der Waals surface area contributed by atoms with Gasteiger partial charge in [-0.2, -0.15) is 0 Å². The average molecular weight is 287 g/mol. The first kappa shape index (κ1) is 12.0. The van der Waals surface area contributed by atoms with Gasteiger partial charge in [-0.3, -0.25) is 0 Å². The van der Waals surface area contributed by atoms with Gasteiger partial charge in [0.2, 0.25) is 0 Å². The summed E-state index contributed by atoms with van der Waals surface area (Å²) in [6, 6.07) is 1.66. The van der Waals surface area contributed by atoms with Gasteiger partial charge >= 0.3 is 5.97 Å². The fourth-order valence-corrected chi connectivity index (χ4v) is 3.10. The van der Waals surface area contributed by atoms with Crippen molar-refractivity contribution in [3.8, 4) is 0 Å². The Bertz CT molecular complexity index is 603. The minimum absolute atomic E-state index is 0.192. The van der Waals surface area contributed by atoms with Gasteiger partial charge in [0, 0.05) is 6.61 Å². The third-order valence-corrected chi connectivity index (χ3v) is 4.28.